The van der Waals surface area contributed by atoms with Crippen molar-refractivity contribution in [1.29, 1.82) is 5.26 Å². The molecule has 0 amide bonds. The van der Waals surface area contributed by atoms with Crippen LogP contribution in [0.3, 0.4) is 0 Å². The number of guanidine groups is 1. The van der Waals surface area contributed by atoms with Gasteiger partial charge in [-0.3, -0.25) is 0 Å². The van der Waals surface area contributed by atoms with Crippen LogP contribution in [-0.2, 0) is 11.3 Å². The van der Waals surface area contributed by atoms with Gasteiger partial charge < -0.3 is 15.0 Å². The summed E-state index contributed by atoms with van der Waals surface area (Å²) in [5.41, 5.74) is 1.78. The van der Waals surface area contributed by atoms with Crippen molar-refractivity contribution in [3.8, 4) is 6.07 Å². The average Bonchev–Trinajstić information content (AvgIpc) is 3.04. The molecular weight excluding hydrogens is 403 g/mol. The Morgan fingerprint density at radius 1 is 1.43 bits per heavy atom. The first kappa shape index (κ1) is 19.7. The van der Waals surface area contributed by atoms with Crippen LogP contribution in [-0.4, -0.2) is 44.2 Å². The molecule has 1 aliphatic heterocycles. The number of aliphatic imine (C=N–C) groups is 1. The molecule has 6 heteroatoms. The van der Waals surface area contributed by atoms with E-state index in [1.807, 2.05) is 24.3 Å². The van der Waals surface area contributed by atoms with Crippen LogP contribution in [0.4, 0.5) is 0 Å². The number of hydrogen-bond donors (Lipinski definition) is 1. The molecule has 5 nitrogen and oxygen atoms in total. The van der Waals surface area contributed by atoms with Crippen molar-refractivity contribution >= 4 is 29.9 Å². The van der Waals surface area contributed by atoms with Gasteiger partial charge in [-0.25, -0.2) is 4.99 Å². The van der Waals surface area contributed by atoms with Crippen LogP contribution in [0.2, 0.25) is 0 Å². The summed E-state index contributed by atoms with van der Waals surface area (Å²) in [6.45, 7) is 6.21. The van der Waals surface area contributed by atoms with Gasteiger partial charge in [0.2, 0.25) is 0 Å². The smallest absolute Gasteiger partial charge is 0.193 e. The molecule has 0 saturated carbocycles. The standard InChI is InChI=1S/C17H24N4O.HI/c1-3-19-17(21(2)12-16-8-9-22-13-16)20-11-15-6-4-14(10-18)5-7-15;/h4-7,16H,3,8-9,11-13H2,1-2H3,(H,19,20);1H. The van der Waals surface area contributed by atoms with Crippen molar-refractivity contribution in [2.75, 3.05) is 33.4 Å². The Kier molecular flexibility index (Phi) is 8.95. The maximum absolute atomic E-state index is 8.82. The van der Waals surface area contributed by atoms with Gasteiger partial charge in [0.1, 0.15) is 0 Å². The highest BCUT2D eigenvalue weighted by Gasteiger charge is 2.18. The third kappa shape index (κ3) is 6.36. The van der Waals surface area contributed by atoms with Crippen LogP contribution in [0.25, 0.3) is 0 Å². The van der Waals surface area contributed by atoms with Gasteiger partial charge in [-0.2, -0.15) is 5.26 Å². The lowest BCUT2D eigenvalue weighted by atomic mass is 10.1. The fraction of sp³-hybridized carbons (Fsp3) is 0.529. The first-order chi connectivity index (χ1) is 10.7. The summed E-state index contributed by atoms with van der Waals surface area (Å²) in [6, 6.07) is 9.70. The SMILES string of the molecule is CCNC(=NCc1ccc(C#N)cc1)N(C)CC1CCOC1.I. The minimum absolute atomic E-state index is 0. The van der Waals surface area contributed by atoms with Gasteiger partial charge in [0.15, 0.2) is 5.96 Å². The summed E-state index contributed by atoms with van der Waals surface area (Å²) in [4.78, 5) is 6.86. The lowest BCUT2D eigenvalue weighted by Crippen LogP contribution is -2.41. The maximum Gasteiger partial charge on any atom is 0.193 e. The number of nitrogens with zero attached hydrogens (tertiary/aromatic N) is 3. The molecule has 0 aliphatic carbocycles. The maximum atomic E-state index is 8.82. The van der Waals surface area contributed by atoms with Crippen molar-refractivity contribution in [3.63, 3.8) is 0 Å². The van der Waals surface area contributed by atoms with Crippen molar-refractivity contribution in [3.05, 3.63) is 35.4 Å². The van der Waals surface area contributed by atoms with Crippen LogP contribution in [0.5, 0.6) is 0 Å². The monoisotopic (exact) mass is 428 g/mol. The summed E-state index contributed by atoms with van der Waals surface area (Å²) in [5.74, 6) is 1.50. The van der Waals surface area contributed by atoms with E-state index in [0.717, 1.165) is 44.2 Å². The molecule has 1 heterocycles. The molecule has 1 unspecified atom stereocenters. The molecule has 0 spiro atoms. The number of nitriles is 1. The highest BCUT2D eigenvalue weighted by molar-refractivity contribution is 14.0. The predicted octanol–water partition coefficient (Wildman–Crippen LogP) is 2.61. The number of benzene rings is 1. The highest BCUT2D eigenvalue weighted by atomic mass is 127. The normalized spacial score (nSPS) is 17.3. The molecule has 1 aromatic rings. The quantitative estimate of drug-likeness (QED) is 0.445. The average molecular weight is 428 g/mol. The summed E-state index contributed by atoms with van der Waals surface area (Å²) < 4.78 is 5.44. The minimum Gasteiger partial charge on any atom is -0.381 e. The number of hydrogen-bond acceptors (Lipinski definition) is 3. The molecule has 1 aliphatic rings. The molecule has 1 fully saturated rings. The van der Waals surface area contributed by atoms with Gasteiger partial charge in [0.25, 0.3) is 0 Å². The Balaban J connectivity index is 0.00000264. The molecule has 23 heavy (non-hydrogen) atoms. The fourth-order valence-corrected chi connectivity index (χ4v) is 2.52. The molecular formula is C17H25IN4O. The van der Waals surface area contributed by atoms with E-state index in [0.29, 0.717) is 18.0 Å². The molecule has 0 radical (unpaired) electrons. The second kappa shape index (κ2) is 10.4. The zero-order chi connectivity index (χ0) is 15.8. The number of nitrogens with one attached hydrogen (secondary N) is 1. The van der Waals surface area contributed by atoms with E-state index in [1.165, 1.54) is 0 Å². The highest BCUT2D eigenvalue weighted by Crippen LogP contribution is 2.13. The van der Waals surface area contributed by atoms with Crippen molar-refractivity contribution in [1.82, 2.24) is 10.2 Å². The lowest BCUT2D eigenvalue weighted by Gasteiger charge is -2.24. The largest absolute Gasteiger partial charge is 0.381 e. The second-order valence-electron chi connectivity index (χ2n) is 5.59. The van der Waals surface area contributed by atoms with Crippen molar-refractivity contribution < 1.29 is 4.74 Å². The Morgan fingerprint density at radius 2 is 2.17 bits per heavy atom. The molecule has 1 saturated heterocycles. The molecule has 1 N–H and O–H groups in total. The zero-order valence-corrected chi connectivity index (χ0v) is 16.1. The molecule has 1 aromatic carbocycles. The summed E-state index contributed by atoms with van der Waals surface area (Å²) >= 11 is 0. The van der Waals surface area contributed by atoms with Gasteiger partial charge in [0.05, 0.1) is 24.8 Å². The van der Waals surface area contributed by atoms with Crippen LogP contribution < -0.4 is 5.32 Å². The summed E-state index contributed by atoms with van der Waals surface area (Å²) in [7, 11) is 2.07. The third-order valence-electron chi connectivity index (χ3n) is 3.75. The van der Waals surface area contributed by atoms with E-state index >= 15 is 0 Å². The van der Waals surface area contributed by atoms with Crippen molar-refractivity contribution in [2.24, 2.45) is 10.9 Å². The first-order valence-electron chi connectivity index (χ1n) is 7.79. The molecule has 0 aromatic heterocycles. The van der Waals surface area contributed by atoms with E-state index in [2.05, 4.69) is 35.2 Å². The van der Waals surface area contributed by atoms with Gasteiger partial charge >= 0.3 is 0 Å². The van der Waals surface area contributed by atoms with Gasteiger partial charge in [-0.1, -0.05) is 12.1 Å². The van der Waals surface area contributed by atoms with E-state index in [-0.39, 0.29) is 24.0 Å². The summed E-state index contributed by atoms with van der Waals surface area (Å²) in [6.07, 6.45) is 1.12. The second-order valence-corrected chi connectivity index (χ2v) is 5.59. The minimum atomic E-state index is 0. The van der Waals surface area contributed by atoms with Crippen LogP contribution in [0, 0.1) is 17.2 Å². The van der Waals surface area contributed by atoms with Gasteiger partial charge in [-0.05, 0) is 31.0 Å². The zero-order valence-electron chi connectivity index (χ0n) is 13.8. The summed E-state index contributed by atoms with van der Waals surface area (Å²) in [5, 5.41) is 12.2. The van der Waals surface area contributed by atoms with E-state index in [1.54, 1.807) is 0 Å². The Labute approximate surface area is 155 Å². The topological polar surface area (TPSA) is 60.7 Å². The molecule has 126 valence electrons. The van der Waals surface area contributed by atoms with Crippen molar-refractivity contribution in [2.45, 2.75) is 19.9 Å². The molecule has 1 atom stereocenters. The van der Waals surface area contributed by atoms with Crippen LogP contribution in [0.1, 0.15) is 24.5 Å². The Hall–Kier alpha value is -1.33. The van der Waals surface area contributed by atoms with Crippen LogP contribution >= 0.6 is 24.0 Å². The van der Waals surface area contributed by atoms with Gasteiger partial charge in [-0.15, -0.1) is 24.0 Å². The van der Waals surface area contributed by atoms with E-state index < -0.39 is 0 Å². The lowest BCUT2D eigenvalue weighted by molar-refractivity contribution is 0.181. The third-order valence-corrected chi connectivity index (χ3v) is 3.75. The Bertz CT molecular complexity index is 533. The van der Waals surface area contributed by atoms with Gasteiger partial charge in [0, 0.05) is 32.7 Å². The molecule has 2 rings (SSSR count). The number of ether oxygens (including phenoxy) is 1. The first-order valence-corrected chi connectivity index (χ1v) is 7.79. The fourth-order valence-electron chi connectivity index (χ4n) is 2.52. The number of rotatable bonds is 5. The van der Waals surface area contributed by atoms with Crippen LogP contribution in [0.15, 0.2) is 29.3 Å². The Morgan fingerprint density at radius 3 is 2.74 bits per heavy atom. The van der Waals surface area contributed by atoms with E-state index in [4.69, 9.17) is 10.00 Å². The van der Waals surface area contributed by atoms with E-state index in [9.17, 15) is 0 Å². The number of halogens is 1. The predicted molar refractivity (Wildman–Crippen MR) is 103 cm³/mol. The molecule has 0 bridgehead atoms.